The van der Waals surface area contributed by atoms with Crippen LogP contribution >= 0.6 is 21.6 Å². The van der Waals surface area contributed by atoms with Crippen molar-refractivity contribution in [1.29, 1.82) is 0 Å². The van der Waals surface area contributed by atoms with Gasteiger partial charge in [-0.2, -0.15) is 0 Å². The van der Waals surface area contributed by atoms with Crippen molar-refractivity contribution in [1.82, 2.24) is 0 Å². The smallest absolute Gasteiger partial charge is 0.138 e. The fraction of sp³-hybridized carbons (Fsp3) is 0.500. The predicted molar refractivity (Wildman–Crippen MR) is 71.1 cm³/mol. The summed E-state index contributed by atoms with van der Waals surface area (Å²) in [4.78, 5) is 0. The molecular weight excluding hydrogens is 224 g/mol. The van der Waals surface area contributed by atoms with Crippen LogP contribution in [0.5, 0.6) is 0 Å². The molecule has 0 heterocycles. The van der Waals surface area contributed by atoms with Gasteiger partial charge < -0.3 is 4.74 Å². The average Bonchev–Trinajstić information content (AvgIpc) is 2.25. The maximum absolute atomic E-state index is 5.88. The van der Waals surface area contributed by atoms with Gasteiger partial charge >= 0.3 is 0 Å². The van der Waals surface area contributed by atoms with Crippen LogP contribution in [0.2, 0.25) is 0 Å². The Morgan fingerprint density at radius 1 is 1.20 bits per heavy atom. The molecule has 1 atom stereocenters. The summed E-state index contributed by atoms with van der Waals surface area (Å²) in [6.45, 7) is 6.31. The molecule has 1 aromatic rings. The lowest BCUT2D eigenvalue weighted by Gasteiger charge is -2.19. The number of ether oxygens (including phenoxy) is 1. The third kappa shape index (κ3) is 4.96. The maximum atomic E-state index is 5.88. The molecule has 0 saturated heterocycles. The topological polar surface area (TPSA) is 9.23 Å². The zero-order valence-electron chi connectivity index (χ0n) is 9.47. The van der Waals surface area contributed by atoms with Gasteiger partial charge in [0.05, 0.1) is 6.10 Å². The van der Waals surface area contributed by atoms with E-state index in [1.807, 2.05) is 16.9 Å². The molecule has 0 aromatic heterocycles. The molecule has 3 heteroatoms. The molecule has 1 nitrogen and oxygen atoms in total. The van der Waals surface area contributed by atoms with Crippen LogP contribution in [0.15, 0.2) is 30.3 Å². The molecule has 0 N–H and O–H groups in total. The summed E-state index contributed by atoms with van der Waals surface area (Å²) in [5.41, 5.74) is 1.40. The van der Waals surface area contributed by atoms with Crippen LogP contribution in [-0.4, -0.2) is 11.9 Å². The van der Waals surface area contributed by atoms with Gasteiger partial charge in [0.2, 0.25) is 0 Å². The molecule has 15 heavy (non-hydrogen) atoms. The van der Waals surface area contributed by atoms with Gasteiger partial charge in [0.25, 0.3) is 0 Å². The fourth-order valence-electron chi connectivity index (χ4n) is 1.14. The van der Waals surface area contributed by atoms with Crippen LogP contribution in [0.4, 0.5) is 0 Å². The number of hydrogen-bond donors (Lipinski definition) is 0. The summed E-state index contributed by atoms with van der Waals surface area (Å²) < 4.78 is 5.88. The third-order valence-electron chi connectivity index (χ3n) is 1.74. The predicted octanol–water partition coefficient (Wildman–Crippen LogP) is 4.51. The lowest BCUT2D eigenvalue weighted by molar-refractivity contribution is 0.0600. The normalized spacial score (nSPS) is 13.1. The first-order valence-corrected chi connectivity index (χ1v) is 7.61. The molecular formula is C12H18OS2. The van der Waals surface area contributed by atoms with Gasteiger partial charge in [0, 0.05) is 5.75 Å². The largest absolute Gasteiger partial charge is 0.359 e. The first-order valence-electron chi connectivity index (χ1n) is 5.22. The zero-order chi connectivity index (χ0) is 11.1. The van der Waals surface area contributed by atoms with Crippen LogP contribution in [0.25, 0.3) is 0 Å². The first kappa shape index (κ1) is 12.9. The van der Waals surface area contributed by atoms with E-state index in [4.69, 9.17) is 4.74 Å². The van der Waals surface area contributed by atoms with Crippen LogP contribution in [-0.2, 0) is 4.74 Å². The lowest BCUT2D eigenvalue weighted by atomic mass is 10.2. The van der Waals surface area contributed by atoms with E-state index in [1.165, 1.54) is 5.56 Å². The highest BCUT2D eigenvalue weighted by Crippen LogP contribution is 2.39. The van der Waals surface area contributed by atoms with Crippen LogP contribution in [0, 0.1) is 0 Å². The molecule has 0 aliphatic heterocycles. The van der Waals surface area contributed by atoms with Crippen molar-refractivity contribution in [2.45, 2.75) is 32.3 Å². The SMILES string of the molecule is CCSSC(OC(C)C)c1ccccc1. The molecule has 0 saturated carbocycles. The van der Waals surface area contributed by atoms with Gasteiger partial charge in [-0.05, 0) is 19.4 Å². The quantitative estimate of drug-likeness (QED) is 0.536. The van der Waals surface area contributed by atoms with Crippen LogP contribution in [0.3, 0.4) is 0 Å². The van der Waals surface area contributed by atoms with Crippen molar-refractivity contribution < 1.29 is 4.74 Å². The fourth-order valence-corrected chi connectivity index (χ4v) is 3.19. The third-order valence-corrected chi connectivity index (χ3v) is 4.31. The van der Waals surface area contributed by atoms with Gasteiger partial charge in [0.1, 0.15) is 5.44 Å². The molecule has 1 unspecified atom stereocenters. The van der Waals surface area contributed by atoms with E-state index in [-0.39, 0.29) is 11.5 Å². The van der Waals surface area contributed by atoms with E-state index < -0.39 is 0 Å². The second-order valence-electron chi connectivity index (χ2n) is 3.43. The van der Waals surface area contributed by atoms with Crippen molar-refractivity contribution in [3.8, 4) is 0 Å². The summed E-state index contributed by atoms with van der Waals surface area (Å²) >= 11 is 0. The van der Waals surface area contributed by atoms with E-state index in [1.54, 1.807) is 10.8 Å². The number of benzene rings is 1. The molecule has 0 bridgehead atoms. The summed E-state index contributed by atoms with van der Waals surface area (Å²) in [5, 5.41) is 0. The molecule has 0 fully saturated rings. The van der Waals surface area contributed by atoms with Gasteiger partial charge in [-0.15, -0.1) is 0 Å². The van der Waals surface area contributed by atoms with Crippen molar-refractivity contribution in [3.63, 3.8) is 0 Å². The zero-order valence-corrected chi connectivity index (χ0v) is 11.1. The van der Waals surface area contributed by atoms with Crippen molar-refractivity contribution in [2.75, 3.05) is 5.75 Å². The summed E-state index contributed by atoms with van der Waals surface area (Å²) in [5.74, 6) is 1.11. The minimum atomic E-state index is 0.149. The second kappa shape index (κ2) is 7.20. The Hall–Kier alpha value is -0.120. The van der Waals surface area contributed by atoms with Gasteiger partial charge in [-0.3, -0.25) is 0 Å². The number of rotatable bonds is 6. The monoisotopic (exact) mass is 242 g/mol. The Morgan fingerprint density at radius 2 is 1.87 bits per heavy atom. The van der Waals surface area contributed by atoms with E-state index in [0.29, 0.717) is 0 Å². The van der Waals surface area contributed by atoms with Crippen molar-refractivity contribution in [3.05, 3.63) is 35.9 Å². The number of hydrogen-bond acceptors (Lipinski definition) is 3. The summed E-state index contributed by atoms with van der Waals surface area (Å²) in [7, 11) is 3.64. The molecule has 1 aromatic carbocycles. The average molecular weight is 242 g/mol. The molecule has 0 amide bonds. The summed E-state index contributed by atoms with van der Waals surface area (Å²) in [6.07, 6.45) is 0.264. The highest BCUT2D eigenvalue weighted by Gasteiger charge is 2.13. The minimum Gasteiger partial charge on any atom is -0.359 e. The van der Waals surface area contributed by atoms with Crippen molar-refractivity contribution in [2.24, 2.45) is 0 Å². The Morgan fingerprint density at radius 3 is 2.40 bits per heavy atom. The van der Waals surface area contributed by atoms with Crippen LogP contribution < -0.4 is 0 Å². The van der Waals surface area contributed by atoms with Gasteiger partial charge in [0.15, 0.2) is 0 Å². The Balaban J connectivity index is 2.63. The highest BCUT2D eigenvalue weighted by molar-refractivity contribution is 8.76. The minimum absolute atomic E-state index is 0.149. The maximum Gasteiger partial charge on any atom is 0.138 e. The molecule has 1 rings (SSSR count). The van der Waals surface area contributed by atoms with E-state index in [9.17, 15) is 0 Å². The molecule has 0 aliphatic carbocycles. The van der Waals surface area contributed by atoms with E-state index in [2.05, 4.69) is 45.0 Å². The van der Waals surface area contributed by atoms with Gasteiger partial charge in [-0.25, -0.2) is 0 Å². The second-order valence-corrected chi connectivity index (χ2v) is 6.15. The molecule has 0 aliphatic rings. The van der Waals surface area contributed by atoms with Crippen LogP contribution in [0.1, 0.15) is 31.8 Å². The Kier molecular flexibility index (Phi) is 6.22. The van der Waals surface area contributed by atoms with E-state index in [0.717, 1.165) is 5.75 Å². The molecule has 0 spiro atoms. The molecule has 84 valence electrons. The Labute approximate surface area is 100 Å². The Bertz CT molecular complexity index is 262. The standard InChI is InChI=1S/C12H18OS2/c1-4-14-15-12(13-10(2)3)11-8-6-5-7-9-11/h5-10,12H,4H2,1-3H3. The first-order chi connectivity index (χ1) is 7.24. The van der Waals surface area contributed by atoms with Gasteiger partial charge in [-0.1, -0.05) is 58.8 Å². The van der Waals surface area contributed by atoms with E-state index >= 15 is 0 Å². The molecule has 0 radical (unpaired) electrons. The van der Waals surface area contributed by atoms with Crippen molar-refractivity contribution >= 4 is 21.6 Å². The lowest BCUT2D eigenvalue weighted by Crippen LogP contribution is -2.06. The highest BCUT2D eigenvalue weighted by atomic mass is 33.1. The summed E-state index contributed by atoms with van der Waals surface area (Å²) in [6, 6.07) is 10.4.